The summed E-state index contributed by atoms with van der Waals surface area (Å²) in [6.07, 6.45) is 2.24. The van der Waals surface area contributed by atoms with E-state index in [0.717, 1.165) is 0 Å². The van der Waals surface area contributed by atoms with Crippen LogP contribution in [-0.2, 0) is 4.74 Å². The molecular formula is C17H20ClFN6O2. The quantitative estimate of drug-likeness (QED) is 0.583. The fourth-order valence-corrected chi connectivity index (χ4v) is 3.41. The van der Waals surface area contributed by atoms with Crippen LogP contribution in [0.2, 0.25) is 0 Å². The lowest BCUT2D eigenvalue weighted by Crippen LogP contribution is -2.40. The summed E-state index contributed by atoms with van der Waals surface area (Å²) in [7, 11) is 1.81. The average molecular weight is 395 g/mol. The molecular weight excluding hydrogens is 375 g/mol. The van der Waals surface area contributed by atoms with Crippen LogP contribution in [-0.4, -0.2) is 63.1 Å². The first-order chi connectivity index (χ1) is 12.9. The third kappa shape index (κ3) is 3.15. The van der Waals surface area contributed by atoms with Crippen molar-refractivity contribution < 1.29 is 14.2 Å². The molecule has 3 atom stereocenters. The van der Waals surface area contributed by atoms with Gasteiger partial charge in [0, 0.05) is 25.7 Å². The normalized spacial score (nSPS) is 29.1. The zero-order chi connectivity index (χ0) is 19.2. The van der Waals surface area contributed by atoms with Gasteiger partial charge in [0.05, 0.1) is 6.20 Å². The number of hydrogen-bond acceptors (Lipinski definition) is 7. The first kappa shape index (κ1) is 18.1. The van der Waals surface area contributed by atoms with Gasteiger partial charge in [-0.3, -0.25) is 10.4 Å². The molecule has 27 heavy (non-hydrogen) atoms. The van der Waals surface area contributed by atoms with Gasteiger partial charge in [0.1, 0.15) is 46.7 Å². The number of rotatable bonds is 0. The summed E-state index contributed by atoms with van der Waals surface area (Å²) >= 11 is 6.54. The van der Waals surface area contributed by atoms with E-state index in [9.17, 15) is 9.50 Å². The number of anilines is 1. The summed E-state index contributed by atoms with van der Waals surface area (Å²) in [5.74, 6) is 1.07. The van der Waals surface area contributed by atoms with Gasteiger partial charge in [0.2, 0.25) is 0 Å². The maximum absolute atomic E-state index is 14.4. The molecule has 2 aliphatic rings. The number of hydrogen-bond donors (Lipinski definition) is 3. The van der Waals surface area contributed by atoms with Crippen molar-refractivity contribution in [3.05, 3.63) is 35.4 Å². The number of nitrogens with one attached hydrogen (secondary N) is 2. The zero-order valence-corrected chi connectivity index (χ0v) is 15.7. The minimum absolute atomic E-state index is 0.272. The Morgan fingerprint density at radius 1 is 1.48 bits per heavy atom. The predicted octanol–water partition coefficient (Wildman–Crippen LogP) is 1.56. The smallest absolute Gasteiger partial charge is 0.200 e. The number of halogens is 2. The molecule has 8 nitrogen and oxygen atoms in total. The van der Waals surface area contributed by atoms with Crippen molar-refractivity contribution in [2.24, 2.45) is 0 Å². The van der Waals surface area contributed by atoms with E-state index in [0.29, 0.717) is 47.1 Å². The van der Waals surface area contributed by atoms with Crippen molar-refractivity contribution >= 4 is 28.6 Å². The molecule has 144 valence electrons. The largest absolute Gasteiger partial charge is 0.492 e. The number of aliphatic hydroxyl groups is 1. The number of ether oxygens (including phenoxy) is 1. The molecule has 0 amide bonds. The SMILES string of the molecule is CN1CC2=C(C=CC(F)C2(C)Cl)OCCNC(O)c2[nH]nc3ncc1nc23. The predicted molar refractivity (Wildman–Crippen MR) is 99.2 cm³/mol. The highest BCUT2D eigenvalue weighted by molar-refractivity contribution is 6.26. The Morgan fingerprint density at radius 3 is 3.11 bits per heavy atom. The van der Waals surface area contributed by atoms with Gasteiger partial charge in [-0.1, -0.05) is 0 Å². The third-order valence-corrected chi connectivity index (χ3v) is 5.29. The molecule has 3 unspecified atom stereocenters. The highest BCUT2D eigenvalue weighted by Gasteiger charge is 2.40. The van der Waals surface area contributed by atoms with Gasteiger partial charge in [0.25, 0.3) is 0 Å². The van der Waals surface area contributed by atoms with Gasteiger partial charge in [-0.2, -0.15) is 5.10 Å². The van der Waals surface area contributed by atoms with E-state index in [1.54, 1.807) is 19.2 Å². The van der Waals surface area contributed by atoms with Gasteiger partial charge in [-0.25, -0.2) is 14.4 Å². The standard InChI is InChI=1S/C17H20ClFN6O2/c1-17(18)9-8-25(2)12-7-21-15-13(22-12)14(23-24-15)16(26)20-5-6-27-10(9)3-4-11(17)19/h3-4,7,11,16,20,26H,5-6,8H2,1-2H3,(H,21,23,24). The number of allylic oxidation sites excluding steroid dienone is 2. The maximum Gasteiger partial charge on any atom is 0.200 e. The first-order valence-electron chi connectivity index (χ1n) is 8.59. The van der Waals surface area contributed by atoms with E-state index in [4.69, 9.17) is 16.3 Å². The van der Waals surface area contributed by atoms with E-state index >= 15 is 0 Å². The van der Waals surface area contributed by atoms with Crippen LogP contribution in [0.3, 0.4) is 0 Å². The molecule has 0 aromatic carbocycles. The van der Waals surface area contributed by atoms with Crippen molar-refractivity contribution in [3.8, 4) is 0 Å². The Bertz CT molecular complexity index is 927. The second kappa shape index (κ2) is 6.74. The minimum atomic E-state index is -1.33. The number of aromatic nitrogens is 4. The molecule has 0 fully saturated rings. The average Bonchev–Trinajstić information content (AvgIpc) is 3.06. The molecule has 1 aliphatic heterocycles. The zero-order valence-electron chi connectivity index (χ0n) is 14.9. The minimum Gasteiger partial charge on any atom is -0.492 e. The Hall–Kier alpha value is -2.23. The summed E-state index contributed by atoms with van der Waals surface area (Å²) in [4.78, 5) is 9.44. The number of aromatic amines is 1. The summed E-state index contributed by atoms with van der Waals surface area (Å²) in [5, 5.41) is 20.2. The highest BCUT2D eigenvalue weighted by Crippen LogP contribution is 2.38. The van der Waals surface area contributed by atoms with Gasteiger partial charge in [-0.05, 0) is 19.1 Å². The maximum atomic E-state index is 14.4. The Balaban J connectivity index is 1.79. The Morgan fingerprint density at radius 2 is 2.30 bits per heavy atom. The van der Waals surface area contributed by atoms with E-state index in [-0.39, 0.29) is 6.61 Å². The lowest BCUT2D eigenvalue weighted by Gasteiger charge is -2.34. The van der Waals surface area contributed by atoms with Crippen LogP contribution in [0.1, 0.15) is 18.8 Å². The Kier molecular flexibility index (Phi) is 4.53. The van der Waals surface area contributed by atoms with E-state index in [2.05, 4.69) is 25.5 Å². The van der Waals surface area contributed by atoms with Crippen molar-refractivity contribution in [1.29, 1.82) is 0 Å². The van der Waals surface area contributed by atoms with E-state index in [1.165, 1.54) is 6.08 Å². The summed E-state index contributed by atoms with van der Waals surface area (Å²) < 4.78 is 20.3. The summed E-state index contributed by atoms with van der Waals surface area (Å²) in [6, 6.07) is 0. The van der Waals surface area contributed by atoms with Crippen molar-refractivity contribution in [1.82, 2.24) is 25.5 Å². The van der Waals surface area contributed by atoms with Gasteiger partial charge < -0.3 is 14.7 Å². The highest BCUT2D eigenvalue weighted by atomic mass is 35.5. The van der Waals surface area contributed by atoms with Crippen LogP contribution >= 0.6 is 11.6 Å². The third-order valence-electron chi connectivity index (χ3n) is 4.86. The molecule has 3 N–H and O–H groups in total. The van der Waals surface area contributed by atoms with Crippen molar-refractivity contribution in [2.75, 3.05) is 31.6 Å². The molecule has 0 saturated heterocycles. The number of alkyl halides is 2. The molecule has 3 heterocycles. The van der Waals surface area contributed by atoms with Crippen molar-refractivity contribution in [3.63, 3.8) is 0 Å². The number of nitrogens with zero attached hydrogens (tertiary/aromatic N) is 4. The van der Waals surface area contributed by atoms with E-state index in [1.807, 2.05) is 11.9 Å². The van der Waals surface area contributed by atoms with Gasteiger partial charge >= 0.3 is 0 Å². The fourth-order valence-electron chi connectivity index (χ4n) is 3.18. The number of likely N-dealkylation sites (N-methyl/N-ethyl adjacent to an activating group) is 1. The lowest BCUT2D eigenvalue weighted by atomic mass is 9.89. The molecule has 1 aliphatic carbocycles. The van der Waals surface area contributed by atoms with Crippen LogP contribution in [0.5, 0.6) is 0 Å². The molecule has 0 saturated carbocycles. The molecule has 2 bridgehead atoms. The number of H-pyrrole nitrogens is 1. The van der Waals surface area contributed by atoms with Gasteiger partial charge in [-0.15, -0.1) is 11.6 Å². The van der Waals surface area contributed by atoms with Crippen LogP contribution in [0.25, 0.3) is 11.2 Å². The summed E-state index contributed by atoms with van der Waals surface area (Å²) in [6.45, 7) is 2.57. The number of fused-ring (bicyclic) bond motifs is 1. The van der Waals surface area contributed by atoms with Crippen LogP contribution in [0.15, 0.2) is 29.7 Å². The molecule has 0 radical (unpaired) electrons. The van der Waals surface area contributed by atoms with Crippen LogP contribution in [0, 0.1) is 0 Å². The van der Waals surface area contributed by atoms with Crippen molar-refractivity contribution in [2.45, 2.75) is 24.2 Å². The van der Waals surface area contributed by atoms with E-state index < -0.39 is 17.3 Å². The van der Waals surface area contributed by atoms with Gasteiger partial charge in [0.15, 0.2) is 5.65 Å². The van der Waals surface area contributed by atoms with Crippen LogP contribution in [0.4, 0.5) is 10.2 Å². The second-order valence-corrected chi connectivity index (χ2v) is 7.56. The molecule has 4 rings (SSSR count). The Labute approximate surface area is 160 Å². The topological polar surface area (TPSA) is 99.2 Å². The fraction of sp³-hybridized carbons (Fsp3) is 0.471. The monoisotopic (exact) mass is 394 g/mol. The summed E-state index contributed by atoms with van der Waals surface area (Å²) in [5.41, 5.74) is 1.92. The number of aliphatic hydroxyl groups excluding tert-OH is 1. The molecule has 0 spiro atoms. The second-order valence-electron chi connectivity index (χ2n) is 6.78. The lowest BCUT2D eigenvalue weighted by molar-refractivity contribution is 0.119. The molecule has 2 aromatic rings. The van der Waals surface area contributed by atoms with Crippen LogP contribution < -0.4 is 10.2 Å². The molecule has 2 aromatic heterocycles. The first-order valence-corrected chi connectivity index (χ1v) is 8.97. The molecule has 10 heteroatoms.